The summed E-state index contributed by atoms with van der Waals surface area (Å²) < 4.78 is 9.17. The van der Waals surface area contributed by atoms with Crippen LogP contribution >= 0.6 is 0 Å². The zero-order valence-corrected chi connectivity index (χ0v) is 27.1. The van der Waals surface area contributed by atoms with Crippen LogP contribution in [0.25, 0.3) is 104 Å². The van der Waals surface area contributed by atoms with Crippen molar-refractivity contribution in [3.05, 3.63) is 176 Å². The Balaban J connectivity index is 1.12. The van der Waals surface area contributed by atoms with Crippen molar-refractivity contribution in [3.8, 4) is 27.9 Å². The van der Waals surface area contributed by atoms with Gasteiger partial charge in [-0.05, 0) is 73.8 Å². The van der Waals surface area contributed by atoms with Crippen molar-refractivity contribution in [2.75, 3.05) is 0 Å². The van der Waals surface area contributed by atoms with Crippen molar-refractivity contribution in [1.29, 1.82) is 0 Å². The second kappa shape index (κ2) is 10.4. The SMILES string of the molecule is c1ccc(-c2cccc3c2oc2c(-c4ccc(-n5c6ccccc6c6cc7c8ccccc8c8ccccc8c7cc65)cc4)cccc23)cc1. The predicted octanol–water partition coefficient (Wildman–Crippen LogP) is 13.5. The van der Waals surface area contributed by atoms with Crippen molar-refractivity contribution in [2.24, 2.45) is 0 Å². The Bertz CT molecular complexity index is 3130. The fourth-order valence-electron chi connectivity index (χ4n) is 8.33. The van der Waals surface area contributed by atoms with E-state index in [2.05, 4.69) is 180 Å². The van der Waals surface area contributed by atoms with Crippen LogP contribution < -0.4 is 0 Å². The highest BCUT2D eigenvalue weighted by Gasteiger charge is 2.18. The molecule has 0 atom stereocenters. The minimum absolute atomic E-state index is 0.918. The van der Waals surface area contributed by atoms with Gasteiger partial charge in [0.15, 0.2) is 0 Å². The molecule has 0 unspecified atom stereocenters. The van der Waals surface area contributed by atoms with Crippen LogP contribution in [0.5, 0.6) is 0 Å². The lowest BCUT2D eigenvalue weighted by Crippen LogP contribution is -1.94. The third-order valence-corrected chi connectivity index (χ3v) is 10.6. The van der Waals surface area contributed by atoms with E-state index in [0.29, 0.717) is 0 Å². The maximum atomic E-state index is 6.74. The van der Waals surface area contributed by atoms with Gasteiger partial charge in [-0.25, -0.2) is 0 Å². The summed E-state index contributed by atoms with van der Waals surface area (Å²) in [5.41, 5.74) is 9.87. The Labute approximate surface area is 288 Å². The van der Waals surface area contributed by atoms with Crippen molar-refractivity contribution >= 4 is 76.1 Å². The number of nitrogens with zero attached hydrogens (tertiary/aromatic N) is 1. The van der Waals surface area contributed by atoms with E-state index in [1.54, 1.807) is 0 Å². The van der Waals surface area contributed by atoms with Crippen LogP contribution in [0.3, 0.4) is 0 Å². The maximum Gasteiger partial charge on any atom is 0.143 e. The highest BCUT2D eigenvalue weighted by molar-refractivity contribution is 6.28. The molecule has 11 aromatic rings. The number of aromatic nitrogens is 1. The molecule has 0 spiro atoms. The molecule has 0 N–H and O–H groups in total. The summed E-state index contributed by atoms with van der Waals surface area (Å²) >= 11 is 0. The zero-order chi connectivity index (χ0) is 32.8. The Morgan fingerprint density at radius 2 is 0.780 bits per heavy atom. The summed E-state index contributed by atoms with van der Waals surface area (Å²) in [4.78, 5) is 0. The van der Waals surface area contributed by atoms with E-state index < -0.39 is 0 Å². The maximum absolute atomic E-state index is 6.74. The molecule has 0 aliphatic heterocycles. The number of para-hydroxylation sites is 3. The van der Waals surface area contributed by atoms with Crippen LogP contribution in [0.1, 0.15) is 0 Å². The molecule has 0 aliphatic rings. The number of furan rings is 1. The fraction of sp³-hybridized carbons (Fsp3) is 0. The number of fused-ring (bicyclic) bond motifs is 12. The number of benzene rings is 9. The van der Waals surface area contributed by atoms with Crippen LogP contribution in [0.15, 0.2) is 180 Å². The molecule has 2 heterocycles. The van der Waals surface area contributed by atoms with Crippen LogP contribution in [0, 0.1) is 0 Å². The van der Waals surface area contributed by atoms with E-state index in [1.807, 2.05) is 0 Å². The minimum Gasteiger partial charge on any atom is -0.455 e. The average molecular weight is 636 g/mol. The molecule has 0 radical (unpaired) electrons. The van der Waals surface area contributed by atoms with Gasteiger partial charge in [0, 0.05) is 38.4 Å². The first-order valence-electron chi connectivity index (χ1n) is 17.2. The molecule has 0 aliphatic carbocycles. The van der Waals surface area contributed by atoms with E-state index in [-0.39, 0.29) is 0 Å². The highest BCUT2D eigenvalue weighted by atomic mass is 16.3. The monoisotopic (exact) mass is 635 g/mol. The lowest BCUT2D eigenvalue weighted by Gasteiger charge is -2.13. The lowest BCUT2D eigenvalue weighted by atomic mass is 9.93. The van der Waals surface area contributed by atoms with Gasteiger partial charge in [-0.3, -0.25) is 0 Å². The normalized spacial score (nSPS) is 12.0. The molecule has 232 valence electrons. The zero-order valence-electron chi connectivity index (χ0n) is 27.1. The summed E-state index contributed by atoms with van der Waals surface area (Å²) in [5.74, 6) is 0. The second-order valence-corrected chi connectivity index (χ2v) is 13.2. The number of hydrogen-bond acceptors (Lipinski definition) is 1. The summed E-state index contributed by atoms with van der Waals surface area (Å²) in [6, 6.07) is 63.6. The molecule has 0 bridgehead atoms. The van der Waals surface area contributed by atoms with Crippen LogP contribution in [0.4, 0.5) is 0 Å². The molecular formula is C48H29NO. The van der Waals surface area contributed by atoms with Crippen molar-refractivity contribution in [1.82, 2.24) is 4.57 Å². The lowest BCUT2D eigenvalue weighted by molar-refractivity contribution is 0.671. The van der Waals surface area contributed by atoms with E-state index in [4.69, 9.17) is 4.42 Å². The summed E-state index contributed by atoms with van der Waals surface area (Å²) in [7, 11) is 0. The first-order valence-corrected chi connectivity index (χ1v) is 17.2. The van der Waals surface area contributed by atoms with Crippen LogP contribution in [-0.2, 0) is 0 Å². The quantitative estimate of drug-likeness (QED) is 0.177. The third-order valence-electron chi connectivity index (χ3n) is 10.6. The summed E-state index contributed by atoms with van der Waals surface area (Å²) in [6.45, 7) is 0. The van der Waals surface area contributed by atoms with E-state index >= 15 is 0 Å². The van der Waals surface area contributed by atoms with Crippen molar-refractivity contribution in [2.45, 2.75) is 0 Å². The summed E-state index contributed by atoms with van der Waals surface area (Å²) in [6.07, 6.45) is 0. The molecule has 0 fully saturated rings. The molecule has 2 nitrogen and oxygen atoms in total. The Morgan fingerprint density at radius 1 is 0.300 bits per heavy atom. The van der Waals surface area contributed by atoms with Gasteiger partial charge in [0.2, 0.25) is 0 Å². The van der Waals surface area contributed by atoms with Gasteiger partial charge in [0.1, 0.15) is 11.2 Å². The largest absolute Gasteiger partial charge is 0.455 e. The highest BCUT2D eigenvalue weighted by Crippen LogP contribution is 2.42. The summed E-state index contributed by atoms with van der Waals surface area (Å²) in [5, 5.41) is 12.5. The fourth-order valence-corrected chi connectivity index (χ4v) is 8.33. The predicted molar refractivity (Wildman–Crippen MR) is 211 cm³/mol. The third kappa shape index (κ3) is 3.85. The first kappa shape index (κ1) is 27.3. The topological polar surface area (TPSA) is 18.1 Å². The van der Waals surface area contributed by atoms with E-state index in [9.17, 15) is 0 Å². The Kier molecular flexibility index (Phi) is 5.70. The van der Waals surface area contributed by atoms with Gasteiger partial charge in [0.05, 0.1) is 11.0 Å². The molecule has 2 heteroatoms. The molecule has 0 amide bonds. The van der Waals surface area contributed by atoms with Gasteiger partial charge >= 0.3 is 0 Å². The molecule has 2 aromatic heterocycles. The van der Waals surface area contributed by atoms with E-state index in [1.165, 1.54) is 54.1 Å². The van der Waals surface area contributed by atoms with Gasteiger partial charge < -0.3 is 8.98 Å². The smallest absolute Gasteiger partial charge is 0.143 e. The molecule has 9 aromatic carbocycles. The molecule has 0 saturated heterocycles. The van der Waals surface area contributed by atoms with E-state index in [0.717, 1.165) is 49.9 Å². The molecule has 11 rings (SSSR count). The Hall–Kier alpha value is -6.64. The van der Waals surface area contributed by atoms with Crippen molar-refractivity contribution < 1.29 is 4.42 Å². The number of rotatable bonds is 3. The molecule has 0 saturated carbocycles. The molecule has 50 heavy (non-hydrogen) atoms. The van der Waals surface area contributed by atoms with Gasteiger partial charge in [-0.15, -0.1) is 0 Å². The molecular weight excluding hydrogens is 607 g/mol. The number of hydrogen-bond donors (Lipinski definition) is 0. The Morgan fingerprint density at radius 3 is 1.40 bits per heavy atom. The van der Waals surface area contributed by atoms with Gasteiger partial charge in [-0.1, -0.05) is 146 Å². The minimum atomic E-state index is 0.918. The van der Waals surface area contributed by atoms with Gasteiger partial charge in [0.25, 0.3) is 0 Å². The standard InChI is InChI=1S/C48H29NO/c1-2-12-30(13-3-1)33-19-10-21-40-41-22-11-20-34(48(41)50-47(33)40)31-24-26-32(27-25-31)49-45-23-9-8-18-39(45)44-28-42-37-16-6-4-14-35(37)36-15-5-7-17-38(36)43(42)29-46(44)49/h1-29H. The second-order valence-electron chi connectivity index (χ2n) is 13.2. The van der Waals surface area contributed by atoms with Crippen LogP contribution in [-0.4, -0.2) is 4.57 Å². The van der Waals surface area contributed by atoms with Crippen molar-refractivity contribution in [3.63, 3.8) is 0 Å². The average Bonchev–Trinajstić information content (AvgIpc) is 3.73. The van der Waals surface area contributed by atoms with Gasteiger partial charge in [-0.2, -0.15) is 0 Å². The van der Waals surface area contributed by atoms with Crippen LogP contribution in [0.2, 0.25) is 0 Å². The first-order chi connectivity index (χ1) is 24.8.